The van der Waals surface area contributed by atoms with Gasteiger partial charge in [0.25, 0.3) is 0 Å². The molecule has 0 amide bonds. The largest absolute Gasteiger partial charge is 0.341 e. The zero-order valence-corrected chi connectivity index (χ0v) is 17.5. The van der Waals surface area contributed by atoms with Crippen molar-refractivity contribution in [3.8, 4) is 0 Å². The molecule has 1 N–H and O–H groups in total. The lowest BCUT2D eigenvalue weighted by atomic mass is 9.86. The van der Waals surface area contributed by atoms with Gasteiger partial charge in [-0.3, -0.25) is 9.88 Å². The number of imidazole rings is 1. The SMILES string of the molecule is Fc1ccc2nccc(C3CCN([C@@H](c4nc5cc(F)c(F)cc5[nH]4)C4CC4)CC3)c2c1. The maximum absolute atomic E-state index is 13.9. The van der Waals surface area contributed by atoms with Crippen LogP contribution in [0.25, 0.3) is 21.9 Å². The Morgan fingerprint density at radius 1 is 0.906 bits per heavy atom. The summed E-state index contributed by atoms with van der Waals surface area (Å²) in [5.41, 5.74) is 2.98. The van der Waals surface area contributed by atoms with Crippen LogP contribution in [0.4, 0.5) is 13.2 Å². The van der Waals surface area contributed by atoms with E-state index in [0.717, 1.165) is 67.1 Å². The normalized spacial score (nSPS) is 19.1. The van der Waals surface area contributed by atoms with Crippen molar-refractivity contribution in [3.63, 3.8) is 0 Å². The Morgan fingerprint density at radius 3 is 2.47 bits per heavy atom. The molecule has 6 rings (SSSR count). The van der Waals surface area contributed by atoms with Crippen molar-refractivity contribution in [2.45, 2.75) is 37.6 Å². The number of fused-ring (bicyclic) bond motifs is 2. The lowest BCUT2D eigenvalue weighted by molar-refractivity contribution is 0.131. The third kappa shape index (κ3) is 3.45. The fourth-order valence-electron chi connectivity index (χ4n) is 5.26. The minimum atomic E-state index is -0.875. The highest BCUT2D eigenvalue weighted by atomic mass is 19.2. The molecule has 1 atom stereocenters. The number of pyridine rings is 1. The van der Waals surface area contributed by atoms with Crippen molar-refractivity contribution in [2.24, 2.45) is 5.92 Å². The number of rotatable bonds is 4. The molecule has 0 radical (unpaired) electrons. The van der Waals surface area contributed by atoms with E-state index in [2.05, 4.69) is 19.9 Å². The molecule has 1 aliphatic carbocycles. The Labute approximate surface area is 183 Å². The molecule has 1 saturated heterocycles. The first kappa shape index (κ1) is 19.7. The number of H-pyrrole nitrogens is 1. The number of nitrogens with one attached hydrogen (secondary N) is 1. The lowest BCUT2D eigenvalue weighted by Crippen LogP contribution is -2.37. The molecule has 3 heterocycles. The Morgan fingerprint density at radius 2 is 1.69 bits per heavy atom. The van der Waals surface area contributed by atoms with Crippen LogP contribution >= 0.6 is 0 Å². The van der Waals surface area contributed by atoms with Crippen LogP contribution in [-0.4, -0.2) is 32.9 Å². The summed E-state index contributed by atoms with van der Waals surface area (Å²) >= 11 is 0. The maximum atomic E-state index is 13.9. The standard InChI is InChI=1S/C25H23F3N4/c26-16-3-4-21-18(11-16)17(5-8-29-21)14-6-9-32(10-7-14)24(15-1-2-15)25-30-22-12-19(27)20(28)13-23(22)31-25/h3-5,8,11-15,24H,1-2,6-7,9-10H2,(H,30,31)/t24-/m1/s1. The van der Waals surface area contributed by atoms with E-state index in [0.29, 0.717) is 22.9 Å². The molecule has 4 nitrogen and oxygen atoms in total. The molecule has 0 bridgehead atoms. The summed E-state index contributed by atoms with van der Waals surface area (Å²) < 4.78 is 41.2. The number of likely N-dealkylation sites (tertiary alicyclic amines) is 1. The maximum Gasteiger partial charge on any atom is 0.161 e. The second-order valence-corrected chi connectivity index (χ2v) is 9.06. The highest BCUT2D eigenvalue weighted by Gasteiger charge is 2.39. The Kier molecular flexibility index (Phi) is 4.68. The van der Waals surface area contributed by atoms with E-state index in [1.54, 1.807) is 12.1 Å². The van der Waals surface area contributed by atoms with Crippen LogP contribution in [0.2, 0.25) is 0 Å². The first-order chi connectivity index (χ1) is 15.6. The Bertz CT molecular complexity index is 1270. The summed E-state index contributed by atoms with van der Waals surface area (Å²) in [7, 11) is 0. The van der Waals surface area contributed by atoms with Gasteiger partial charge in [-0.05, 0) is 80.4 Å². The number of nitrogens with zero attached hydrogens (tertiary/aromatic N) is 3. The van der Waals surface area contributed by atoms with E-state index in [1.807, 2.05) is 12.3 Å². The molecule has 164 valence electrons. The van der Waals surface area contributed by atoms with Gasteiger partial charge in [-0.1, -0.05) is 0 Å². The second-order valence-electron chi connectivity index (χ2n) is 9.06. The molecular weight excluding hydrogens is 413 g/mol. The van der Waals surface area contributed by atoms with Gasteiger partial charge in [-0.15, -0.1) is 0 Å². The molecule has 2 fully saturated rings. The smallest absolute Gasteiger partial charge is 0.161 e. The van der Waals surface area contributed by atoms with E-state index in [4.69, 9.17) is 0 Å². The van der Waals surface area contributed by atoms with Crippen LogP contribution in [0.1, 0.15) is 49.0 Å². The molecule has 2 aromatic carbocycles. The molecule has 7 heteroatoms. The van der Waals surface area contributed by atoms with Crippen LogP contribution in [0.5, 0.6) is 0 Å². The number of aromatic nitrogens is 3. The Balaban J connectivity index is 1.26. The quantitative estimate of drug-likeness (QED) is 0.436. The molecule has 0 unspecified atom stereocenters. The van der Waals surface area contributed by atoms with Crippen molar-refractivity contribution >= 4 is 21.9 Å². The summed E-state index contributed by atoms with van der Waals surface area (Å²) in [5.74, 6) is -0.328. The third-order valence-electron chi connectivity index (χ3n) is 6.99. The first-order valence-electron chi connectivity index (χ1n) is 11.2. The molecule has 4 aromatic rings. The van der Waals surface area contributed by atoms with Crippen molar-refractivity contribution in [1.29, 1.82) is 0 Å². The topological polar surface area (TPSA) is 44.8 Å². The van der Waals surface area contributed by atoms with Crippen LogP contribution in [-0.2, 0) is 0 Å². The summed E-state index contributed by atoms with van der Waals surface area (Å²) in [4.78, 5) is 14.7. The van der Waals surface area contributed by atoms with E-state index in [-0.39, 0.29) is 11.9 Å². The monoisotopic (exact) mass is 436 g/mol. The number of aromatic amines is 1. The van der Waals surface area contributed by atoms with Gasteiger partial charge >= 0.3 is 0 Å². The minimum Gasteiger partial charge on any atom is -0.341 e. The Hall–Kier alpha value is -2.93. The van der Waals surface area contributed by atoms with E-state index >= 15 is 0 Å². The molecular formula is C25H23F3N4. The molecule has 0 spiro atoms. The predicted octanol–water partition coefficient (Wildman–Crippen LogP) is 5.86. The third-order valence-corrected chi connectivity index (χ3v) is 6.99. The van der Waals surface area contributed by atoms with Crippen molar-refractivity contribution < 1.29 is 13.2 Å². The van der Waals surface area contributed by atoms with Crippen molar-refractivity contribution in [2.75, 3.05) is 13.1 Å². The molecule has 1 aliphatic heterocycles. The minimum absolute atomic E-state index is 0.126. The molecule has 32 heavy (non-hydrogen) atoms. The number of halogens is 3. The average Bonchev–Trinajstić information content (AvgIpc) is 3.55. The van der Waals surface area contributed by atoms with E-state index in [1.165, 1.54) is 12.1 Å². The fraction of sp³-hybridized carbons (Fsp3) is 0.360. The summed E-state index contributed by atoms with van der Waals surface area (Å²) in [6.45, 7) is 1.79. The molecule has 2 aromatic heterocycles. The number of benzene rings is 2. The first-order valence-corrected chi connectivity index (χ1v) is 11.2. The fourth-order valence-corrected chi connectivity index (χ4v) is 5.26. The van der Waals surface area contributed by atoms with Crippen LogP contribution < -0.4 is 0 Å². The zero-order valence-electron chi connectivity index (χ0n) is 17.5. The van der Waals surface area contributed by atoms with Crippen LogP contribution in [0, 0.1) is 23.4 Å². The van der Waals surface area contributed by atoms with Crippen LogP contribution in [0.15, 0.2) is 42.6 Å². The van der Waals surface area contributed by atoms with Gasteiger partial charge in [0.15, 0.2) is 11.6 Å². The van der Waals surface area contributed by atoms with Gasteiger partial charge in [-0.25, -0.2) is 18.2 Å². The summed E-state index contributed by atoms with van der Waals surface area (Å²) in [5, 5.41) is 0.894. The lowest BCUT2D eigenvalue weighted by Gasteiger charge is -2.37. The highest BCUT2D eigenvalue weighted by molar-refractivity contribution is 5.82. The van der Waals surface area contributed by atoms with Gasteiger partial charge in [0, 0.05) is 23.7 Å². The number of hydrogen-bond donors (Lipinski definition) is 1. The van der Waals surface area contributed by atoms with E-state index in [9.17, 15) is 13.2 Å². The van der Waals surface area contributed by atoms with Gasteiger partial charge in [0.1, 0.15) is 11.6 Å². The highest BCUT2D eigenvalue weighted by Crippen LogP contribution is 2.46. The van der Waals surface area contributed by atoms with Gasteiger partial charge in [-0.2, -0.15) is 0 Å². The van der Waals surface area contributed by atoms with Crippen molar-refractivity contribution in [1.82, 2.24) is 19.9 Å². The predicted molar refractivity (Wildman–Crippen MR) is 117 cm³/mol. The molecule has 1 saturated carbocycles. The summed E-state index contributed by atoms with van der Waals surface area (Å²) in [6.07, 6.45) is 6.00. The average molecular weight is 436 g/mol. The van der Waals surface area contributed by atoms with E-state index < -0.39 is 11.6 Å². The summed E-state index contributed by atoms with van der Waals surface area (Å²) in [6, 6.07) is 9.26. The number of hydrogen-bond acceptors (Lipinski definition) is 3. The van der Waals surface area contributed by atoms with Gasteiger partial charge in [0.2, 0.25) is 0 Å². The second kappa shape index (κ2) is 7.59. The van der Waals surface area contributed by atoms with Crippen LogP contribution in [0.3, 0.4) is 0 Å². The van der Waals surface area contributed by atoms with Gasteiger partial charge < -0.3 is 4.98 Å². The number of piperidine rings is 1. The van der Waals surface area contributed by atoms with Crippen molar-refractivity contribution in [3.05, 3.63) is 71.4 Å². The molecule has 2 aliphatic rings. The zero-order chi connectivity index (χ0) is 21.8. The van der Waals surface area contributed by atoms with Gasteiger partial charge in [0.05, 0.1) is 22.6 Å².